The van der Waals surface area contributed by atoms with Crippen LogP contribution in [0.4, 0.5) is 0 Å². The number of benzene rings is 1. The first kappa shape index (κ1) is 15.7. The Morgan fingerprint density at radius 3 is 2.33 bits per heavy atom. The van der Waals surface area contributed by atoms with Crippen LogP contribution in [-0.2, 0) is 8.85 Å². The van der Waals surface area contributed by atoms with Gasteiger partial charge >= 0.3 is 9.28 Å². The molecular formula is C14H23ClO2Si. The van der Waals surface area contributed by atoms with Crippen molar-refractivity contribution in [3.05, 3.63) is 34.9 Å². The molecule has 0 fully saturated rings. The quantitative estimate of drug-likeness (QED) is 0.671. The van der Waals surface area contributed by atoms with Gasteiger partial charge in [-0.05, 0) is 38.0 Å². The molecule has 0 bridgehead atoms. The van der Waals surface area contributed by atoms with E-state index in [4.69, 9.17) is 20.5 Å². The van der Waals surface area contributed by atoms with Gasteiger partial charge in [0.25, 0.3) is 0 Å². The molecule has 0 saturated carbocycles. The van der Waals surface area contributed by atoms with Crippen LogP contribution in [-0.4, -0.2) is 22.5 Å². The Morgan fingerprint density at radius 1 is 1.17 bits per heavy atom. The molecule has 2 nitrogen and oxygen atoms in total. The van der Waals surface area contributed by atoms with E-state index in [2.05, 4.69) is 13.0 Å². The van der Waals surface area contributed by atoms with Gasteiger partial charge in [-0.3, -0.25) is 0 Å². The van der Waals surface area contributed by atoms with E-state index in [9.17, 15) is 0 Å². The Kier molecular flexibility index (Phi) is 7.59. The fourth-order valence-corrected chi connectivity index (χ4v) is 4.66. The monoisotopic (exact) mass is 286 g/mol. The summed E-state index contributed by atoms with van der Waals surface area (Å²) in [5.74, 6) is 0. The van der Waals surface area contributed by atoms with Crippen LogP contribution in [0.2, 0.25) is 5.02 Å². The third-order valence-electron chi connectivity index (χ3n) is 2.87. The highest BCUT2D eigenvalue weighted by Crippen LogP contribution is 2.27. The first-order valence-electron chi connectivity index (χ1n) is 6.71. The van der Waals surface area contributed by atoms with E-state index in [1.54, 1.807) is 0 Å². The molecule has 0 aliphatic rings. The third kappa shape index (κ3) is 4.73. The third-order valence-corrected chi connectivity index (χ3v) is 5.80. The van der Waals surface area contributed by atoms with Crippen molar-refractivity contribution >= 4 is 20.9 Å². The van der Waals surface area contributed by atoms with Crippen LogP contribution in [0.3, 0.4) is 0 Å². The first-order chi connectivity index (χ1) is 8.72. The summed E-state index contributed by atoms with van der Waals surface area (Å²) in [4.78, 5) is 0. The van der Waals surface area contributed by atoms with Crippen molar-refractivity contribution in [1.82, 2.24) is 0 Å². The molecule has 102 valence electrons. The van der Waals surface area contributed by atoms with Crippen molar-refractivity contribution in [3.8, 4) is 0 Å². The lowest BCUT2D eigenvalue weighted by molar-refractivity contribution is 0.203. The molecule has 0 aliphatic carbocycles. The molecule has 1 rings (SSSR count). The van der Waals surface area contributed by atoms with Gasteiger partial charge < -0.3 is 8.85 Å². The van der Waals surface area contributed by atoms with E-state index in [0.29, 0.717) is 5.54 Å². The maximum Gasteiger partial charge on any atom is 0.329 e. The predicted octanol–water partition coefficient (Wildman–Crippen LogP) is 4.06. The maximum atomic E-state index is 6.08. The Balaban J connectivity index is 2.91. The minimum absolute atomic E-state index is 0.383. The summed E-state index contributed by atoms with van der Waals surface area (Å²) in [6.07, 6.45) is 2.22. The zero-order valence-corrected chi connectivity index (χ0v) is 13.4. The molecule has 4 heteroatoms. The zero-order valence-electron chi connectivity index (χ0n) is 11.5. The van der Waals surface area contributed by atoms with Crippen molar-refractivity contribution in [2.24, 2.45) is 0 Å². The van der Waals surface area contributed by atoms with E-state index >= 15 is 0 Å². The van der Waals surface area contributed by atoms with Gasteiger partial charge in [0.2, 0.25) is 0 Å². The molecule has 1 unspecified atom stereocenters. The van der Waals surface area contributed by atoms with Crippen LogP contribution in [0.1, 0.15) is 44.7 Å². The highest BCUT2D eigenvalue weighted by Gasteiger charge is 2.26. The number of rotatable bonds is 8. The molecule has 0 saturated heterocycles. The van der Waals surface area contributed by atoms with Crippen LogP contribution in [0, 0.1) is 0 Å². The summed E-state index contributed by atoms with van der Waals surface area (Å²) >= 11 is 6.08. The van der Waals surface area contributed by atoms with Crippen molar-refractivity contribution in [1.29, 1.82) is 0 Å². The zero-order chi connectivity index (χ0) is 13.4. The summed E-state index contributed by atoms with van der Waals surface area (Å²) < 4.78 is 11.7. The average Bonchev–Trinajstić information content (AvgIpc) is 2.36. The molecule has 1 atom stereocenters. The summed E-state index contributed by atoms with van der Waals surface area (Å²) in [6.45, 7) is 7.69. The fourth-order valence-electron chi connectivity index (χ4n) is 2.12. The molecule has 18 heavy (non-hydrogen) atoms. The van der Waals surface area contributed by atoms with Crippen LogP contribution in [0.5, 0.6) is 0 Å². The van der Waals surface area contributed by atoms with Crippen LogP contribution >= 0.6 is 11.6 Å². The molecule has 1 aromatic carbocycles. The largest absolute Gasteiger partial charge is 0.396 e. The Bertz CT molecular complexity index is 340. The molecule has 1 aromatic rings. The van der Waals surface area contributed by atoms with Crippen molar-refractivity contribution in [3.63, 3.8) is 0 Å². The van der Waals surface area contributed by atoms with Crippen LogP contribution in [0.25, 0.3) is 0 Å². The van der Waals surface area contributed by atoms with E-state index in [-0.39, 0.29) is 0 Å². The fraction of sp³-hybridized carbons (Fsp3) is 0.571. The molecule has 0 amide bonds. The van der Waals surface area contributed by atoms with Gasteiger partial charge in [0.1, 0.15) is 0 Å². The van der Waals surface area contributed by atoms with Crippen molar-refractivity contribution < 1.29 is 8.85 Å². The van der Waals surface area contributed by atoms with Gasteiger partial charge in [0.05, 0.1) is 0 Å². The normalized spacial score (nSPS) is 12.9. The maximum absolute atomic E-state index is 6.08. The van der Waals surface area contributed by atoms with Gasteiger partial charge in [-0.25, -0.2) is 0 Å². The highest BCUT2D eigenvalue weighted by atomic mass is 35.5. The lowest BCUT2D eigenvalue weighted by Crippen LogP contribution is -2.31. The average molecular weight is 287 g/mol. The van der Waals surface area contributed by atoms with Gasteiger partial charge in [-0.2, -0.15) is 0 Å². The Morgan fingerprint density at radius 2 is 1.83 bits per heavy atom. The lowest BCUT2D eigenvalue weighted by atomic mass is 10.1. The van der Waals surface area contributed by atoms with E-state index in [1.807, 2.05) is 32.0 Å². The smallest absolute Gasteiger partial charge is 0.329 e. The molecule has 0 N–H and O–H groups in total. The van der Waals surface area contributed by atoms with Crippen LogP contribution in [0.15, 0.2) is 24.3 Å². The summed E-state index contributed by atoms with van der Waals surface area (Å²) in [7, 11) is -1.67. The van der Waals surface area contributed by atoms with Crippen LogP contribution < -0.4 is 0 Å². The Hall–Kier alpha value is -0.353. The Labute approximate surface area is 117 Å². The predicted molar refractivity (Wildman–Crippen MR) is 79.5 cm³/mol. The molecule has 0 aliphatic heterocycles. The van der Waals surface area contributed by atoms with Gasteiger partial charge in [0, 0.05) is 23.8 Å². The second-order valence-electron chi connectivity index (χ2n) is 4.23. The molecule has 0 heterocycles. The molecule has 0 spiro atoms. The van der Waals surface area contributed by atoms with Gasteiger partial charge in [-0.1, -0.05) is 37.1 Å². The topological polar surface area (TPSA) is 18.5 Å². The summed E-state index contributed by atoms with van der Waals surface area (Å²) in [6, 6.07) is 8.08. The van der Waals surface area contributed by atoms with Gasteiger partial charge in [-0.15, -0.1) is 0 Å². The van der Waals surface area contributed by atoms with E-state index in [0.717, 1.165) is 31.1 Å². The minimum Gasteiger partial charge on any atom is -0.396 e. The second kappa shape index (κ2) is 8.70. The minimum atomic E-state index is -1.67. The lowest BCUT2D eigenvalue weighted by Gasteiger charge is -2.25. The number of hydrogen-bond acceptors (Lipinski definition) is 2. The highest BCUT2D eigenvalue weighted by molar-refractivity contribution is 6.46. The van der Waals surface area contributed by atoms with Gasteiger partial charge in [0.15, 0.2) is 0 Å². The SMILES string of the molecule is CCCC(c1cccc(Cl)c1)[SiH](OCC)OCC. The molecule has 0 aromatic heterocycles. The van der Waals surface area contributed by atoms with E-state index < -0.39 is 9.28 Å². The standard InChI is InChI=1S/C14H23ClO2Si/c1-4-8-14(18(16-5-2)17-6-3)12-9-7-10-13(15)11-12/h7,9-11,14,18H,4-6,8H2,1-3H3. The van der Waals surface area contributed by atoms with E-state index in [1.165, 1.54) is 5.56 Å². The first-order valence-corrected chi connectivity index (χ1v) is 8.70. The summed E-state index contributed by atoms with van der Waals surface area (Å²) in [5, 5.41) is 0.786. The molecular weight excluding hydrogens is 264 g/mol. The number of hydrogen-bond donors (Lipinski definition) is 0. The summed E-state index contributed by atoms with van der Waals surface area (Å²) in [5.41, 5.74) is 1.64. The van der Waals surface area contributed by atoms with Crippen molar-refractivity contribution in [2.45, 2.75) is 39.2 Å². The number of halogens is 1. The molecule has 0 radical (unpaired) electrons. The van der Waals surface area contributed by atoms with Crippen molar-refractivity contribution in [2.75, 3.05) is 13.2 Å². The second-order valence-corrected chi connectivity index (χ2v) is 6.87.